The zero-order valence-electron chi connectivity index (χ0n) is 22.6. The lowest BCUT2D eigenvalue weighted by Crippen LogP contribution is -2.37. The van der Waals surface area contributed by atoms with E-state index in [-0.39, 0.29) is 36.2 Å². The Kier molecular flexibility index (Phi) is 8.34. The van der Waals surface area contributed by atoms with Crippen molar-refractivity contribution in [2.45, 2.75) is 103 Å². The molecule has 2 aromatic rings. The molecule has 0 spiro atoms. The second-order valence-electron chi connectivity index (χ2n) is 10.7. The van der Waals surface area contributed by atoms with Crippen LogP contribution in [-0.2, 0) is 27.9 Å². The van der Waals surface area contributed by atoms with Crippen LogP contribution in [0.3, 0.4) is 0 Å². The van der Waals surface area contributed by atoms with Crippen LogP contribution in [0.5, 0.6) is 5.75 Å². The molecule has 10 heteroatoms. The topological polar surface area (TPSA) is 117 Å². The van der Waals surface area contributed by atoms with E-state index >= 15 is 0 Å². The standard InChI is InChI=1S/C27H39N5O5/c1-6-11-27(12-13-27)29-26(34)35-16-22-25(30-31-32(22)5)21-9-10-23(18(4)28-21)37-20-8-7-19(14-20)15-24(33)36-17(2)3/h9-10,17,19-20H,6-8,11-16H2,1-5H3,(H,29,34). The average molecular weight is 514 g/mol. The van der Waals surface area contributed by atoms with Gasteiger partial charge in [-0.1, -0.05) is 18.6 Å². The lowest BCUT2D eigenvalue weighted by atomic mass is 10.0. The summed E-state index contributed by atoms with van der Waals surface area (Å²) in [5.74, 6) is 0.850. The minimum absolute atomic E-state index is 0.0460. The van der Waals surface area contributed by atoms with E-state index in [1.165, 1.54) is 0 Å². The number of aromatic nitrogens is 4. The first kappa shape index (κ1) is 26.9. The monoisotopic (exact) mass is 513 g/mol. The van der Waals surface area contributed by atoms with Crippen LogP contribution < -0.4 is 10.1 Å². The van der Waals surface area contributed by atoms with E-state index in [1.54, 1.807) is 11.7 Å². The number of pyridine rings is 1. The molecule has 0 radical (unpaired) electrons. The summed E-state index contributed by atoms with van der Waals surface area (Å²) in [5, 5.41) is 11.4. The molecule has 2 saturated carbocycles. The molecule has 1 N–H and O–H groups in total. The molecular weight excluding hydrogens is 474 g/mol. The molecule has 10 nitrogen and oxygen atoms in total. The normalized spacial score (nSPS) is 20.1. The summed E-state index contributed by atoms with van der Waals surface area (Å²) in [6.07, 6.45) is 6.61. The number of carbonyl (C=O) groups excluding carboxylic acids is 2. The molecule has 2 atom stereocenters. The number of alkyl carbamates (subject to hydrolysis) is 1. The largest absolute Gasteiger partial charge is 0.489 e. The molecule has 2 aliphatic carbocycles. The van der Waals surface area contributed by atoms with E-state index in [1.807, 2.05) is 32.9 Å². The lowest BCUT2D eigenvalue weighted by Gasteiger charge is -2.17. The molecule has 0 saturated heterocycles. The molecular formula is C27H39N5O5. The van der Waals surface area contributed by atoms with Crippen molar-refractivity contribution in [3.63, 3.8) is 0 Å². The van der Waals surface area contributed by atoms with Crippen molar-refractivity contribution in [3.05, 3.63) is 23.5 Å². The van der Waals surface area contributed by atoms with Crippen LogP contribution in [-0.4, -0.2) is 49.8 Å². The highest BCUT2D eigenvalue weighted by Crippen LogP contribution is 2.39. The minimum Gasteiger partial charge on any atom is -0.489 e. The van der Waals surface area contributed by atoms with E-state index in [0.29, 0.717) is 29.3 Å². The van der Waals surface area contributed by atoms with Crippen molar-refractivity contribution in [2.24, 2.45) is 13.0 Å². The number of nitrogens with one attached hydrogen (secondary N) is 1. The molecule has 2 unspecified atom stereocenters. The number of nitrogens with zero attached hydrogens (tertiary/aromatic N) is 4. The number of amides is 1. The number of ether oxygens (including phenoxy) is 3. The second kappa shape index (κ2) is 11.5. The Hall–Kier alpha value is -3.17. The van der Waals surface area contributed by atoms with Gasteiger partial charge in [0.05, 0.1) is 23.6 Å². The van der Waals surface area contributed by atoms with E-state index in [0.717, 1.165) is 50.6 Å². The SMILES string of the molecule is CCCC1(NC(=O)OCc2c(-c3ccc(OC4CCC(CC(=O)OC(C)C)C4)c(C)n3)nnn2C)CC1. The van der Waals surface area contributed by atoms with E-state index in [9.17, 15) is 9.59 Å². The molecule has 0 bridgehead atoms. The predicted octanol–water partition coefficient (Wildman–Crippen LogP) is 4.63. The minimum atomic E-state index is -0.418. The van der Waals surface area contributed by atoms with E-state index in [4.69, 9.17) is 19.2 Å². The Morgan fingerprint density at radius 2 is 2.03 bits per heavy atom. The van der Waals surface area contributed by atoms with Gasteiger partial charge in [-0.15, -0.1) is 5.10 Å². The Bertz CT molecular complexity index is 1110. The molecule has 37 heavy (non-hydrogen) atoms. The number of aryl methyl sites for hydroxylation is 2. The molecule has 2 fully saturated rings. The zero-order chi connectivity index (χ0) is 26.6. The van der Waals surface area contributed by atoms with Crippen LogP contribution in [0.1, 0.15) is 83.5 Å². The first-order valence-electron chi connectivity index (χ1n) is 13.4. The van der Waals surface area contributed by atoms with Crippen LogP contribution in [0.25, 0.3) is 11.4 Å². The van der Waals surface area contributed by atoms with Gasteiger partial charge in [0.1, 0.15) is 23.7 Å². The van der Waals surface area contributed by atoms with Gasteiger partial charge in [0.25, 0.3) is 0 Å². The van der Waals surface area contributed by atoms with Gasteiger partial charge in [0.2, 0.25) is 0 Å². The Morgan fingerprint density at radius 1 is 1.24 bits per heavy atom. The quantitative estimate of drug-likeness (QED) is 0.432. The van der Waals surface area contributed by atoms with Crippen LogP contribution >= 0.6 is 0 Å². The number of esters is 1. The fourth-order valence-electron chi connectivity index (χ4n) is 5.04. The van der Waals surface area contributed by atoms with Gasteiger partial charge in [-0.25, -0.2) is 14.5 Å². The Balaban J connectivity index is 1.34. The molecule has 0 aromatic carbocycles. The molecule has 2 aliphatic rings. The predicted molar refractivity (Wildman–Crippen MR) is 137 cm³/mol. The third kappa shape index (κ3) is 6.99. The summed E-state index contributed by atoms with van der Waals surface area (Å²) in [6.45, 7) is 7.79. The molecule has 2 heterocycles. The summed E-state index contributed by atoms with van der Waals surface area (Å²) in [4.78, 5) is 29.1. The fourth-order valence-corrected chi connectivity index (χ4v) is 5.04. The van der Waals surface area contributed by atoms with Crippen LogP contribution in [0.4, 0.5) is 4.79 Å². The van der Waals surface area contributed by atoms with Gasteiger partial charge in [0, 0.05) is 19.0 Å². The maximum Gasteiger partial charge on any atom is 0.407 e. The van der Waals surface area contributed by atoms with Gasteiger partial charge >= 0.3 is 12.1 Å². The number of carbonyl (C=O) groups is 2. The van der Waals surface area contributed by atoms with Crippen LogP contribution in [0.15, 0.2) is 12.1 Å². The summed E-state index contributed by atoms with van der Waals surface area (Å²) in [5.41, 5.74) is 2.53. The third-order valence-electron chi connectivity index (χ3n) is 7.12. The van der Waals surface area contributed by atoms with Crippen molar-refractivity contribution in [2.75, 3.05) is 0 Å². The summed E-state index contributed by atoms with van der Waals surface area (Å²) in [7, 11) is 1.77. The summed E-state index contributed by atoms with van der Waals surface area (Å²) < 4.78 is 18.6. The molecule has 1 amide bonds. The Morgan fingerprint density at radius 3 is 2.70 bits per heavy atom. The molecule has 202 valence electrons. The smallest absolute Gasteiger partial charge is 0.407 e. The van der Waals surface area contributed by atoms with Crippen molar-refractivity contribution in [1.29, 1.82) is 0 Å². The van der Waals surface area contributed by atoms with Crippen molar-refractivity contribution >= 4 is 12.1 Å². The van der Waals surface area contributed by atoms with Crippen molar-refractivity contribution in [3.8, 4) is 17.1 Å². The first-order chi connectivity index (χ1) is 17.7. The molecule has 2 aromatic heterocycles. The average Bonchev–Trinajstić information content (AvgIpc) is 3.26. The number of hydrogen-bond acceptors (Lipinski definition) is 8. The first-order valence-corrected chi connectivity index (χ1v) is 13.4. The van der Waals surface area contributed by atoms with E-state index in [2.05, 4.69) is 22.6 Å². The highest BCUT2D eigenvalue weighted by Gasteiger charge is 2.43. The number of hydrogen-bond donors (Lipinski definition) is 1. The van der Waals surface area contributed by atoms with E-state index < -0.39 is 6.09 Å². The van der Waals surface area contributed by atoms with Crippen LogP contribution in [0, 0.1) is 12.8 Å². The summed E-state index contributed by atoms with van der Waals surface area (Å²) in [6, 6.07) is 3.74. The highest BCUT2D eigenvalue weighted by atomic mass is 16.6. The molecule has 4 rings (SSSR count). The van der Waals surface area contributed by atoms with Gasteiger partial charge in [0.15, 0.2) is 0 Å². The highest BCUT2D eigenvalue weighted by molar-refractivity contribution is 5.70. The third-order valence-corrected chi connectivity index (χ3v) is 7.12. The zero-order valence-corrected chi connectivity index (χ0v) is 22.6. The van der Waals surface area contributed by atoms with Crippen molar-refractivity contribution < 1.29 is 23.8 Å². The van der Waals surface area contributed by atoms with Gasteiger partial charge in [-0.3, -0.25) is 4.79 Å². The van der Waals surface area contributed by atoms with Crippen LogP contribution in [0.2, 0.25) is 0 Å². The maximum atomic E-state index is 12.4. The second-order valence-corrected chi connectivity index (χ2v) is 10.7. The van der Waals surface area contributed by atoms with Crippen molar-refractivity contribution in [1.82, 2.24) is 25.3 Å². The summed E-state index contributed by atoms with van der Waals surface area (Å²) >= 11 is 0. The van der Waals surface area contributed by atoms with Gasteiger partial charge in [-0.2, -0.15) is 0 Å². The van der Waals surface area contributed by atoms with Gasteiger partial charge < -0.3 is 19.5 Å². The number of rotatable bonds is 11. The fraction of sp³-hybridized carbons (Fsp3) is 0.667. The Labute approximate surface area is 218 Å². The maximum absolute atomic E-state index is 12.4. The lowest BCUT2D eigenvalue weighted by molar-refractivity contribution is -0.148. The van der Waals surface area contributed by atoms with Gasteiger partial charge in [-0.05, 0) is 77.3 Å². The molecule has 0 aliphatic heterocycles.